The zero-order chi connectivity index (χ0) is 24.3. The number of aromatic nitrogens is 2. The highest BCUT2D eigenvalue weighted by atomic mass is 35.5. The molecule has 0 saturated carbocycles. The van der Waals surface area contributed by atoms with Crippen LogP contribution in [0, 0.1) is 12.8 Å². The van der Waals surface area contributed by atoms with Crippen LogP contribution < -0.4 is 14.9 Å². The quantitative estimate of drug-likeness (QED) is 0.472. The Hall–Kier alpha value is -2.86. The Kier molecular flexibility index (Phi) is 7.27. The first-order valence-corrected chi connectivity index (χ1v) is 13.1. The largest absolute Gasteiger partial charge is 0.312 e. The molecule has 1 aliphatic rings. The molecule has 2 aromatic carbocycles. The molecule has 3 aromatic rings. The molecule has 0 bridgehead atoms. The Balaban J connectivity index is 1.29. The van der Waals surface area contributed by atoms with Crippen LogP contribution in [0.4, 0.5) is 10.8 Å². The maximum atomic E-state index is 12.7. The first kappa shape index (κ1) is 24.3. The molecule has 1 aromatic heterocycles. The molecule has 9 nitrogen and oxygen atoms in total. The van der Waals surface area contributed by atoms with Gasteiger partial charge in [-0.3, -0.25) is 9.59 Å². The molecule has 2 N–H and O–H groups in total. The van der Waals surface area contributed by atoms with E-state index >= 15 is 0 Å². The smallest absolute Gasteiger partial charge is 0.240 e. The predicted molar refractivity (Wildman–Crippen MR) is 131 cm³/mol. The van der Waals surface area contributed by atoms with Crippen LogP contribution in [0.5, 0.6) is 0 Å². The number of benzene rings is 2. The zero-order valence-corrected chi connectivity index (χ0v) is 20.6. The summed E-state index contributed by atoms with van der Waals surface area (Å²) in [6, 6.07) is 13.5. The SMILES string of the molecule is Cc1ccc(S(=O)(=O)NCCc2nnc(NC(=O)C3CC(=O)N(c4ccc(Cl)cc4)C3)s2)cc1. The molecular formula is C22H22ClN5O4S2. The average Bonchev–Trinajstić information content (AvgIpc) is 3.41. The van der Waals surface area contributed by atoms with Crippen LogP contribution in [0.1, 0.15) is 17.0 Å². The number of halogens is 1. The number of aryl methyl sites for hydroxylation is 1. The number of carbonyl (C=O) groups excluding carboxylic acids is 2. The summed E-state index contributed by atoms with van der Waals surface area (Å²) in [4.78, 5) is 26.8. The minimum Gasteiger partial charge on any atom is -0.312 e. The van der Waals surface area contributed by atoms with E-state index in [4.69, 9.17) is 11.6 Å². The molecule has 0 radical (unpaired) electrons. The predicted octanol–water partition coefficient (Wildman–Crippen LogP) is 3.01. The molecule has 12 heteroatoms. The number of amides is 2. The molecular weight excluding hydrogens is 498 g/mol. The fourth-order valence-corrected chi connectivity index (χ4v) is 5.36. The van der Waals surface area contributed by atoms with Gasteiger partial charge >= 0.3 is 0 Å². The molecule has 2 heterocycles. The number of sulfonamides is 1. The number of hydrogen-bond donors (Lipinski definition) is 2. The van der Waals surface area contributed by atoms with E-state index in [1.807, 2.05) is 6.92 Å². The number of nitrogens with zero attached hydrogens (tertiary/aromatic N) is 3. The van der Waals surface area contributed by atoms with Gasteiger partial charge in [-0.25, -0.2) is 13.1 Å². The van der Waals surface area contributed by atoms with Gasteiger partial charge in [-0.1, -0.05) is 40.6 Å². The molecule has 1 saturated heterocycles. The molecule has 1 unspecified atom stereocenters. The van der Waals surface area contributed by atoms with Gasteiger partial charge in [0.1, 0.15) is 5.01 Å². The van der Waals surface area contributed by atoms with E-state index in [1.54, 1.807) is 53.4 Å². The fourth-order valence-electron chi connectivity index (χ4n) is 3.46. The summed E-state index contributed by atoms with van der Waals surface area (Å²) in [5, 5.41) is 12.1. The summed E-state index contributed by atoms with van der Waals surface area (Å²) in [5.74, 6) is -0.967. The van der Waals surface area contributed by atoms with Gasteiger partial charge in [0.05, 0.1) is 10.8 Å². The van der Waals surface area contributed by atoms with Gasteiger partial charge in [0.25, 0.3) is 0 Å². The second-order valence-electron chi connectivity index (χ2n) is 7.83. The van der Waals surface area contributed by atoms with Crippen molar-refractivity contribution in [3.63, 3.8) is 0 Å². The van der Waals surface area contributed by atoms with E-state index in [-0.39, 0.29) is 36.2 Å². The van der Waals surface area contributed by atoms with E-state index in [9.17, 15) is 18.0 Å². The molecule has 0 aliphatic carbocycles. The second-order valence-corrected chi connectivity index (χ2v) is 11.1. The van der Waals surface area contributed by atoms with Crippen molar-refractivity contribution in [3.8, 4) is 0 Å². The number of anilines is 2. The van der Waals surface area contributed by atoms with Gasteiger partial charge in [0.2, 0.25) is 27.0 Å². The highest BCUT2D eigenvalue weighted by molar-refractivity contribution is 7.89. The Morgan fingerprint density at radius 3 is 2.56 bits per heavy atom. The Morgan fingerprint density at radius 2 is 1.85 bits per heavy atom. The van der Waals surface area contributed by atoms with Gasteiger partial charge in [0, 0.05) is 36.6 Å². The third-order valence-corrected chi connectivity index (χ3v) is 7.92. The van der Waals surface area contributed by atoms with Crippen molar-refractivity contribution in [1.82, 2.24) is 14.9 Å². The topological polar surface area (TPSA) is 121 Å². The number of hydrogen-bond acceptors (Lipinski definition) is 7. The van der Waals surface area contributed by atoms with Gasteiger partial charge in [-0.15, -0.1) is 10.2 Å². The molecule has 4 rings (SSSR count). The van der Waals surface area contributed by atoms with Crippen molar-refractivity contribution in [2.24, 2.45) is 5.92 Å². The molecule has 1 fully saturated rings. The number of rotatable bonds is 8. The summed E-state index contributed by atoms with van der Waals surface area (Å²) in [7, 11) is -3.61. The summed E-state index contributed by atoms with van der Waals surface area (Å²) < 4.78 is 27.3. The lowest BCUT2D eigenvalue weighted by Gasteiger charge is -2.16. The summed E-state index contributed by atoms with van der Waals surface area (Å²) >= 11 is 7.07. The highest BCUT2D eigenvalue weighted by Crippen LogP contribution is 2.27. The van der Waals surface area contributed by atoms with Crippen LogP contribution in [0.25, 0.3) is 0 Å². The van der Waals surface area contributed by atoms with E-state index in [0.29, 0.717) is 27.3 Å². The maximum Gasteiger partial charge on any atom is 0.240 e. The summed E-state index contributed by atoms with van der Waals surface area (Å²) in [6.07, 6.45) is 0.422. The maximum absolute atomic E-state index is 12.7. The lowest BCUT2D eigenvalue weighted by Crippen LogP contribution is -2.28. The van der Waals surface area contributed by atoms with E-state index in [1.165, 1.54) is 11.3 Å². The van der Waals surface area contributed by atoms with Crippen LogP contribution in [0.3, 0.4) is 0 Å². The van der Waals surface area contributed by atoms with Crippen LogP contribution in [0.2, 0.25) is 5.02 Å². The Morgan fingerprint density at radius 1 is 1.15 bits per heavy atom. The van der Waals surface area contributed by atoms with Crippen LogP contribution >= 0.6 is 22.9 Å². The van der Waals surface area contributed by atoms with Crippen molar-refractivity contribution < 1.29 is 18.0 Å². The highest BCUT2D eigenvalue weighted by Gasteiger charge is 2.35. The zero-order valence-electron chi connectivity index (χ0n) is 18.2. The van der Waals surface area contributed by atoms with Crippen LogP contribution in [-0.2, 0) is 26.0 Å². The third-order valence-electron chi connectivity index (χ3n) is 5.29. The van der Waals surface area contributed by atoms with E-state index < -0.39 is 15.9 Å². The Labute approximate surface area is 206 Å². The molecule has 34 heavy (non-hydrogen) atoms. The van der Waals surface area contributed by atoms with Gasteiger partial charge in [0.15, 0.2) is 0 Å². The standard InChI is InChI=1S/C22H22ClN5O4S2/c1-14-2-8-18(9-3-14)34(31,32)24-11-10-19-26-27-22(33-19)25-21(30)15-12-20(29)28(13-15)17-6-4-16(23)5-7-17/h2-9,15,24H,10-13H2,1H3,(H,25,27,30). The number of carbonyl (C=O) groups is 2. The normalized spacial score (nSPS) is 16.1. The summed E-state index contributed by atoms with van der Waals surface area (Å²) in [5.41, 5.74) is 1.66. The van der Waals surface area contributed by atoms with E-state index in [2.05, 4.69) is 20.2 Å². The minimum atomic E-state index is -3.61. The van der Waals surface area contributed by atoms with Crippen LogP contribution in [-0.4, -0.2) is 43.5 Å². The van der Waals surface area contributed by atoms with E-state index in [0.717, 1.165) is 5.56 Å². The number of nitrogens with one attached hydrogen (secondary N) is 2. The molecule has 1 atom stereocenters. The van der Waals surface area contributed by atoms with Crippen molar-refractivity contribution in [2.45, 2.75) is 24.7 Å². The first-order chi connectivity index (χ1) is 16.2. The first-order valence-electron chi connectivity index (χ1n) is 10.5. The van der Waals surface area contributed by atoms with Crippen molar-refractivity contribution in [2.75, 3.05) is 23.3 Å². The van der Waals surface area contributed by atoms with Crippen molar-refractivity contribution in [3.05, 3.63) is 64.1 Å². The van der Waals surface area contributed by atoms with Crippen molar-refractivity contribution in [1.29, 1.82) is 0 Å². The molecule has 2 amide bonds. The van der Waals surface area contributed by atoms with Gasteiger partial charge in [-0.2, -0.15) is 0 Å². The second kappa shape index (κ2) is 10.2. The minimum absolute atomic E-state index is 0.0981. The van der Waals surface area contributed by atoms with Gasteiger partial charge in [-0.05, 0) is 43.3 Å². The lowest BCUT2D eigenvalue weighted by molar-refractivity contribution is -0.122. The van der Waals surface area contributed by atoms with Gasteiger partial charge < -0.3 is 10.2 Å². The molecule has 178 valence electrons. The molecule has 0 spiro atoms. The fraction of sp³-hybridized carbons (Fsp3) is 0.273. The summed E-state index contributed by atoms with van der Waals surface area (Å²) in [6.45, 7) is 2.29. The molecule has 1 aliphatic heterocycles. The van der Waals surface area contributed by atoms with Crippen molar-refractivity contribution >= 4 is 55.6 Å². The van der Waals surface area contributed by atoms with Crippen LogP contribution in [0.15, 0.2) is 53.4 Å². The monoisotopic (exact) mass is 519 g/mol. The third kappa shape index (κ3) is 5.79. The lowest BCUT2D eigenvalue weighted by atomic mass is 10.1. The Bertz CT molecular complexity index is 1290. The average molecular weight is 520 g/mol.